The summed E-state index contributed by atoms with van der Waals surface area (Å²) in [6.45, 7) is 5.54. The quantitative estimate of drug-likeness (QED) is 0.762. The largest absolute Gasteiger partial charge is 0.339 e. The van der Waals surface area contributed by atoms with E-state index in [2.05, 4.69) is 16.8 Å². The van der Waals surface area contributed by atoms with Gasteiger partial charge in [-0.25, -0.2) is 0 Å². The number of hydrogen-bond donors (Lipinski definition) is 1. The van der Waals surface area contributed by atoms with Gasteiger partial charge in [0.1, 0.15) is 0 Å². The molecule has 2 saturated heterocycles. The Hall–Kier alpha value is -0.830. The van der Waals surface area contributed by atoms with Crippen molar-refractivity contribution in [3.8, 4) is 0 Å². The third kappa shape index (κ3) is 4.13. The van der Waals surface area contributed by atoms with Crippen LogP contribution in [0.2, 0.25) is 0 Å². The highest BCUT2D eigenvalue weighted by Crippen LogP contribution is 2.33. The maximum absolute atomic E-state index is 12.8. The molecule has 3 rings (SSSR count). The number of carbonyl (C=O) groups is 1. The first-order chi connectivity index (χ1) is 10.7. The summed E-state index contributed by atoms with van der Waals surface area (Å²) in [5, 5.41) is 3.67. The molecule has 2 heterocycles. The zero-order valence-corrected chi connectivity index (χ0v) is 13.9. The second-order valence-electron chi connectivity index (χ2n) is 7.77. The zero-order valence-electron chi connectivity index (χ0n) is 13.9. The Bertz CT molecular complexity index is 377. The van der Waals surface area contributed by atoms with Crippen LogP contribution in [0.15, 0.2) is 12.7 Å². The first-order valence-electron chi connectivity index (χ1n) is 9.39. The summed E-state index contributed by atoms with van der Waals surface area (Å²) >= 11 is 0. The first kappa shape index (κ1) is 16.0. The average Bonchev–Trinajstić information content (AvgIpc) is 2.86. The molecule has 1 saturated carbocycles. The van der Waals surface area contributed by atoms with Crippen molar-refractivity contribution in [3.63, 3.8) is 0 Å². The van der Waals surface area contributed by atoms with Crippen molar-refractivity contribution in [2.75, 3.05) is 13.1 Å². The summed E-state index contributed by atoms with van der Waals surface area (Å²) in [5.74, 6) is 1.70. The van der Waals surface area contributed by atoms with Gasteiger partial charge in [0.25, 0.3) is 0 Å². The van der Waals surface area contributed by atoms with Gasteiger partial charge in [-0.2, -0.15) is 0 Å². The number of fused-ring (bicyclic) bond motifs is 2. The van der Waals surface area contributed by atoms with Gasteiger partial charge in [-0.15, -0.1) is 6.58 Å². The van der Waals surface area contributed by atoms with Gasteiger partial charge in [-0.1, -0.05) is 25.3 Å². The van der Waals surface area contributed by atoms with Gasteiger partial charge in [-0.3, -0.25) is 4.79 Å². The Labute approximate surface area is 135 Å². The normalized spacial score (nSPS) is 31.9. The molecule has 1 amide bonds. The van der Waals surface area contributed by atoms with E-state index in [9.17, 15) is 4.79 Å². The molecule has 3 fully saturated rings. The third-order valence-corrected chi connectivity index (χ3v) is 5.94. The number of hydrogen-bond acceptors (Lipinski definition) is 2. The Morgan fingerprint density at radius 3 is 2.36 bits per heavy atom. The van der Waals surface area contributed by atoms with Crippen molar-refractivity contribution in [3.05, 3.63) is 12.7 Å². The van der Waals surface area contributed by atoms with E-state index >= 15 is 0 Å². The molecule has 0 radical (unpaired) electrons. The standard InChI is InChI=1S/C19H32N2O/c1-2-10-21(14-15-6-4-3-5-7-15)19(22)13-16-11-17-8-9-18(12-16)20-17/h2,15-18,20H,1,3-14H2. The van der Waals surface area contributed by atoms with Crippen LogP contribution in [-0.4, -0.2) is 36.0 Å². The Morgan fingerprint density at radius 1 is 1.05 bits per heavy atom. The minimum atomic E-state index is 0.372. The van der Waals surface area contributed by atoms with E-state index in [1.54, 1.807) is 0 Å². The lowest BCUT2D eigenvalue weighted by atomic mass is 9.87. The number of piperidine rings is 1. The molecule has 2 bridgehead atoms. The maximum Gasteiger partial charge on any atom is 0.223 e. The maximum atomic E-state index is 12.8. The number of nitrogens with one attached hydrogen (secondary N) is 1. The molecular weight excluding hydrogens is 272 g/mol. The molecule has 1 N–H and O–H groups in total. The van der Waals surface area contributed by atoms with E-state index in [0.29, 0.717) is 23.9 Å². The molecule has 3 nitrogen and oxygen atoms in total. The van der Waals surface area contributed by atoms with Crippen molar-refractivity contribution in [2.24, 2.45) is 11.8 Å². The minimum absolute atomic E-state index is 0.372. The number of amides is 1. The highest BCUT2D eigenvalue weighted by atomic mass is 16.2. The van der Waals surface area contributed by atoms with Gasteiger partial charge in [0, 0.05) is 31.6 Å². The van der Waals surface area contributed by atoms with Crippen LogP contribution in [0.5, 0.6) is 0 Å². The number of carbonyl (C=O) groups excluding carboxylic acids is 1. The second-order valence-corrected chi connectivity index (χ2v) is 7.77. The Kier molecular flexibility index (Phi) is 5.56. The summed E-state index contributed by atoms with van der Waals surface area (Å²) in [4.78, 5) is 14.9. The summed E-state index contributed by atoms with van der Waals surface area (Å²) < 4.78 is 0. The van der Waals surface area contributed by atoms with Crippen molar-refractivity contribution >= 4 is 5.91 Å². The number of rotatable bonds is 6. The molecule has 0 aromatic carbocycles. The van der Waals surface area contributed by atoms with Gasteiger partial charge in [0.15, 0.2) is 0 Å². The summed E-state index contributed by atoms with van der Waals surface area (Å²) in [7, 11) is 0. The van der Waals surface area contributed by atoms with Crippen molar-refractivity contribution < 1.29 is 4.79 Å². The highest BCUT2D eigenvalue weighted by molar-refractivity contribution is 5.76. The van der Waals surface area contributed by atoms with Crippen LogP contribution in [0.3, 0.4) is 0 Å². The van der Waals surface area contributed by atoms with Crippen molar-refractivity contribution in [1.82, 2.24) is 10.2 Å². The molecular formula is C19H32N2O. The summed E-state index contributed by atoms with van der Waals surface area (Å²) in [6.07, 6.45) is 14.4. The first-order valence-corrected chi connectivity index (χ1v) is 9.39. The van der Waals surface area contributed by atoms with Crippen LogP contribution in [0, 0.1) is 11.8 Å². The predicted octanol–water partition coefficient (Wildman–Crippen LogP) is 3.50. The lowest BCUT2D eigenvalue weighted by Crippen LogP contribution is -2.41. The van der Waals surface area contributed by atoms with Gasteiger partial charge >= 0.3 is 0 Å². The van der Waals surface area contributed by atoms with E-state index in [-0.39, 0.29) is 0 Å². The fraction of sp³-hybridized carbons (Fsp3) is 0.842. The average molecular weight is 304 g/mol. The fourth-order valence-electron chi connectivity index (χ4n) is 4.83. The van der Waals surface area contributed by atoms with Crippen LogP contribution >= 0.6 is 0 Å². The van der Waals surface area contributed by atoms with Crippen molar-refractivity contribution in [2.45, 2.75) is 76.3 Å². The highest BCUT2D eigenvalue weighted by Gasteiger charge is 2.35. The van der Waals surface area contributed by atoms with E-state index in [0.717, 1.165) is 25.4 Å². The summed E-state index contributed by atoms with van der Waals surface area (Å²) in [5.41, 5.74) is 0. The molecule has 0 aromatic heterocycles. The van der Waals surface area contributed by atoms with E-state index in [4.69, 9.17) is 0 Å². The molecule has 3 aliphatic rings. The smallest absolute Gasteiger partial charge is 0.223 e. The molecule has 124 valence electrons. The van der Waals surface area contributed by atoms with Gasteiger partial charge in [0.2, 0.25) is 5.91 Å². The SMILES string of the molecule is C=CCN(CC1CCCCC1)C(=O)CC1CC2CCC(C1)N2. The topological polar surface area (TPSA) is 32.3 Å². The van der Waals surface area contributed by atoms with Crippen molar-refractivity contribution in [1.29, 1.82) is 0 Å². The fourth-order valence-corrected chi connectivity index (χ4v) is 4.83. The number of nitrogens with zero attached hydrogens (tertiary/aromatic N) is 1. The lowest BCUT2D eigenvalue weighted by molar-refractivity contribution is -0.132. The van der Waals surface area contributed by atoms with E-state index in [1.807, 2.05) is 6.08 Å². The van der Waals surface area contributed by atoms with E-state index < -0.39 is 0 Å². The molecule has 0 spiro atoms. The molecule has 0 aromatic rings. The van der Waals surface area contributed by atoms with Crippen LogP contribution in [0.25, 0.3) is 0 Å². The van der Waals surface area contributed by atoms with Crippen LogP contribution in [0.4, 0.5) is 0 Å². The van der Waals surface area contributed by atoms with Gasteiger partial charge < -0.3 is 10.2 Å². The molecule has 1 aliphatic carbocycles. The molecule has 22 heavy (non-hydrogen) atoms. The minimum Gasteiger partial charge on any atom is -0.339 e. The Balaban J connectivity index is 1.51. The monoisotopic (exact) mass is 304 g/mol. The van der Waals surface area contributed by atoms with Crippen LogP contribution in [0.1, 0.15) is 64.2 Å². The Morgan fingerprint density at radius 2 is 1.73 bits per heavy atom. The van der Waals surface area contributed by atoms with Gasteiger partial charge in [0.05, 0.1) is 0 Å². The van der Waals surface area contributed by atoms with Crippen LogP contribution < -0.4 is 5.32 Å². The molecule has 3 heteroatoms. The van der Waals surface area contributed by atoms with Gasteiger partial charge in [-0.05, 0) is 50.4 Å². The molecule has 2 aliphatic heterocycles. The van der Waals surface area contributed by atoms with Crippen LogP contribution in [-0.2, 0) is 4.79 Å². The molecule has 2 atom stereocenters. The third-order valence-electron chi connectivity index (χ3n) is 5.94. The second kappa shape index (κ2) is 7.63. The zero-order chi connectivity index (χ0) is 15.4. The molecule has 2 unspecified atom stereocenters. The lowest BCUT2D eigenvalue weighted by Gasteiger charge is -2.32. The summed E-state index contributed by atoms with van der Waals surface area (Å²) in [6, 6.07) is 1.37. The van der Waals surface area contributed by atoms with E-state index in [1.165, 1.54) is 57.8 Å². The predicted molar refractivity (Wildman–Crippen MR) is 90.6 cm³/mol.